The van der Waals surface area contributed by atoms with Crippen molar-refractivity contribution in [1.82, 2.24) is 10.7 Å². The van der Waals surface area contributed by atoms with Crippen LogP contribution in [0.1, 0.15) is 9.75 Å². The number of guanidine groups is 1. The summed E-state index contributed by atoms with van der Waals surface area (Å²) in [5.74, 6) is 5.82. The highest BCUT2D eigenvalue weighted by molar-refractivity contribution is 7.11. The molecule has 4 nitrogen and oxygen atoms in total. The molecule has 0 saturated heterocycles. The summed E-state index contributed by atoms with van der Waals surface area (Å²) in [4.78, 5) is 6.49. The Balaban J connectivity index is 2.43. The lowest BCUT2D eigenvalue weighted by atomic mass is 10.4. The van der Waals surface area contributed by atoms with Crippen LogP contribution in [0.2, 0.25) is 0 Å². The number of hydrogen-bond donors (Lipinski definition) is 3. The molecule has 0 atom stereocenters. The van der Waals surface area contributed by atoms with Gasteiger partial charge in [0, 0.05) is 16.8 Å². The first kappa shape index (κ1) is 10.0. The lowest BCUT2D eigenvalue weighted by molar-refractivity contribution is 0.850. The molecule has 0 unspecified atom stereocenters. The van der Waals surface area contributed by atoms with Gasteiger partial charge in [0.1, 0.15) is 0 Å². The molecule has 1 aromatic heterocycles. The Morgan fingerprint density at radius 1 is 1.62 bits per heavy atom. The Bertz CT molecular complexity index is 292. The Kier molecular flexibility index (Phi) is 3.72. The number of aliphatic imine (C=N–C) groups is 1. The molecular weight excluding hydrogens is 184 g/mol. The fraction of sp³-hybridized carbons (Fsp3) is 0.375. The van der Waals surface area contributed by atoms with Crippen LogP contribution in [-0.4, -0.2) is 13.0 Å². The van der Waals surface area contributed by atoms with E-state index < -0.39 is 0 Å². The Hall–Kier alpha value is -1.07. The van der Waals surface area contributed by atoms with Crippen molar-refractivity contribution in [2.45, 2.75) is 13.5 Å². The average molecular weight is 198 g/mol. The molecule has 1 rings (SSSR count). The third kappa shape index (κ3) is 3.04. The topological polar surface area (TPSA) is 62.4 Å². The molecule has 0 aliphatic carbocycles. The van der Waals surface area contributed by atoms with E-state index in [0.29, 0.717) is 5.96 Å². The van der Waals surface area contributed by atoms with Gasteiger partial charge < -0.3 is 5.32 Å². The fourth-order valence-corrected chi connectivity index (χ4v) is 1.78. The number of rotatable bonds is 2. The van der Waals surface area contributed by atoms with Crippen LogP contribution in [0.15, 0.2) is 17.1 Å². The summed E-state index contributed by atoms with van der Waals surface area (Å²) in [5, 5.41) is 3.07. The summed E-state index contributed by atoms with van der Waals surface area (Å²) < 4.78 is 0. The number of hydrogen-bond acceptors (Lipinski definition) is 3. The monoisotopic (exact) mass is 198 g/mol. The average Bonchev–Trinajstić information content (AvgIpc) is 2.53. The van der Waals surface area contributed by atoms with Crippen LogP contribution in [0.4, 0.5) is 0 Å². The molecule has 0 bridgehead atoms. The van der Waals surface area contributed by atoms with E-state index in [-0.39, 0.29) is 0 Å². The second-order valence-corrected chi connectivity index (χ2v) is 3.95. The Morgan fingerprint density at radius 3 is 2.85 bits per heavy atom. The van der Waals surface area contributed by atoms with Crippen molar-refractivity contribution in [3.63, 3.8) is 0 Å². The molecule has 0 spiro atoms. The number of nitrogens with one attached hydrogen (secondary N) is 2. The molecule has 5 heteroatoms. The molecule has 4 N–H and O–H groups in total. The standard InChI is InChI=1S/C8H14N4S/c1-6-3-4-7(13-6)5-11-8(10-2)12-9/h3-4H,5,9H2,1-2H3,(H2,10,11,12). The maximum atomic E-state index is 5.21. The highest BCUT2D eigenvalue weighted by atomic mass is 32.1. The maximum absolute atomic E-state index is 5.21. The highest BCUT2D eigenvalue weighted by Crippen LogP contribution is 2.14. The molecule has 1 aromatic rings. The van der Waals surface area contributed by atoms with E-state index in [2.05, 4.69) is 34.8 Å². The van der Waals surface area contributed by atoms with E-state index in [0.717, 1.165) is 6.54 Å². The van der Waals surface area contributed by atoms with Crippen LogP contribution in [0.5, 0.6) is 0 Å². The number of aryl methyl sites for hydroxylation is 1. The van der Waals surface area contributed by atoms with Crippen molar-refractivity contribution in [2.75, 3.05) is 7.05 Å². The van der Waals surface area contributed by atoms with Crippen LogP contribution in [0, 0.1) is 6.92 Å². The first-order chi connectivity index (χ1) is 6.26. The van der Waals surface area contributed by atoms with Gasteiger partial charge in [0.25, 0.3) is 0 Å². The molecule has 0 aliphatic rings. The van der Waals surface area contributed by atoms with Gasteiger partial charge in [0.2, 0.25) is 5.96 Å². The van der Waals surface area contributed by atoms with Crippen molar-refractivity contribution < 1.29 is 0 Å². The Labute approximate surface area is 81.8 Å². The minimum absolute atomic E-state index is 0.603. The van der Waals surface area contributed by atoms with Crippen molar-refractivity contribution in [2.24, 2.45) is 10.8 Å². The zero-order valence-corrected chi connectivity index (χ0v) is 8.61. The van der Waals surface area contributed by atoms with E-state index in [4.69, 9.17) is 5.84 Å². The number of nitrogens with zero attached hydrogens (tertiary/aromatic N) is 1. The van der Waals surface area contributed by atoms with Crippen molar-refractivity contribution in [1.29, 1.82) is 0 Å². The summed E-state index contributed by atoms with van der Waals surface area (Å²) in [7, 11) is 1.68. The van der Waals surface area contributed by atoms with E-state index in [9.17, 15) is 0 Å². The van der Waals surface area contributed by atoms with Crippen LogP contribution in [0.25, 0.3) is 0 Å². The van der Waals surface area contributed by atoms with Gasteiger partial charge in [0.05, 0.1) is 6.54 Å². The summed E-state index contributed by atoms with van der Waals surface area (Å²) in [6.07, 6.45) is 0. The van der Waals surface area contributed by atoms with Gasteiger partial charge in [0.15, 0.2) is 0 Å². The lowest BCUT2D eigenvalue weighted by Gasteiger charge is -2.05. The van der Waals surface area contributed by atoms with Crippen molar-refractivity contribution in [3.05, 3.63) is 21.9 Å². The Morgan fingerprint density at radius 2 is 2.38 bits per heavy atom. The number of nitrogens with two attached hydrogens (primary N) is 1. The van der Waals surface area contributed by atoms with Crippen LogP contribution in [0.3, 0.4) is 0 Å². The zero-order chi connectivity index (χ0) is 9.68. The van der Waals surface area contributed by atoms with Gasteiger partial charge in [-0.25, -0.2) is 5.84 Å². The van der Waals surface area contributed by atoms with Gasteiger partial charge >= 0.3 is 0 Å². The molecule has 0 aromatic carbocycles. The van der Waals surface area contributed by atoms with Gasteiger partial charge in [-0.2, -0.15) is 0 Å². The number of thiophene rings is 1. The SMILES string of the molecule is CN=C(NN)NCc1ccc(C)s1. The largest absolute Gasteiger partial charge is 0.350 e. The molecule has 0 fully saturated rings. The predicted octanol–water partition coefficient (Wildman–Crippen LogP) is 0.595. The van der Waals surface area contributed by atoms with E-state index in [1.165, 1.54) is 9.75 Å². The zero-order valence-electron chi connectivity index (χ0n) is 7.79. The third-order valence-corrected chi connectivity index (χ3v) is 2.59. The smallest absolute Gasteiger partial charge is 0.205 e. The fourth-order valence-electron chi connectivity index (χ4n) is 0.946. The van der Waals surface area contributed by atoms with Crippen molar-refractivity contribution >= 4 is 17.3 Å². The maximum Gasteiger partial charge on any atom is 0.205 e. The molecule has 72 valence electrons. The normalized spacial score (nSPS) is 11.5. The second-order valence-electron chi connectivity index (χ2n) is 2.58. The quantitative estimate of drug-likeness (QED) is 0.282. The van der Waals surface area contributed by atoms with Crippen LogP contribution in [-0.2, 0) is 6.54 Å². The van der Waals surface area contributed by atoms with Gasteiger partial charge in [-0.15, -0.1) is 11.3 Å². The third-order valence-electron chi connectivity index (χ3n) is 1.59. The molecular formula is C8H14N4S. The van der Waals surface area contributed by atoms with Crippen molar-refractivity contribution in [3.8, 4) is 0 Å². The summed E-state index contributed by atoms with van der Waals surface area (Å²) in [5.41, 5.74) is 2.47. The molecule has 0 radical (unpaired) electrons. The lowest BCUT2D eigenvalue weighted by Crippen LogP contribution is -2.40. The van der Waals surface area contributed by atoms with E-state index in [1.807, 2.05) is 0 Å². The molecule has 0 amide bonds. The summed E-state index contributed by atoms with van der Waals surface area (Å²) in [6.45, 7) is 2.85. The summed E-state index contributed by atoms with van der Waals surface area (Å²) in [6, 6.07) is 4.19. The highest BCUT2D eigenvalue weighted by Gasteiger charge is 1.97. The van der Waals surface area contributed by atoms with Gasteiger partial charge in [-0.05, 0) is 19.1 Å². The van der Waals surface area contributed by atoms with Crippen LogP contribution < -0.4 is 16.6 Å². The molecule has 1 heterocycles. The van der Waals surface area contributed by atoms with Gasteiger partial charge in [-0.3, -0.25) is 10.4 Å². The number of hydrazine groups is 1. The first-order valence-electron chi connectivity index (χ1n) is 3.99. The minimum Gasteiger partial charge on any atom is -0.350 e. The summed E-state index contributed by atoms with van der Waals surface area (Å²) >= 11 is 1.76. The first-order valence-corrected chi connectivity index (χ1v) is 4.80. The molecule has 13 heavy (non-hydrogen) atoms. The minimum atomic E-state index is 0.603. The van der Waals surface area contributed by atoms with E-state index in [1.54, 1.807) is 18.4 Å². The van der Waals surface area contributed by atoms with Crippen LogP contribution >= 0.6 is 11.3 Å². The van der Waals surface area contributed by atoms with Gasteiger partial charge in [-0.1, -0.05) is 0 Å². The van der Waals surface area contributed by atoms with E-state index >= 15 is 0 Å². The second kappa shape index (κ2) is 4.84. The predicted molar refractivity (Wildman–Crippen MR) is 56.6 cm³/mol. The molecule has 0 saturated carbocycles. The molecule has 0 aliphatic heterocycles.